The van der Waals surface area contributed by atoms with Crippen LogP contribution >= 0.6 is 0 Å². The number of benzene rings is 1. The predicted octanol–water partition coefficient (Wildman–Crippen LogP) is 2.26. The number of rotatable bonds is 4. The van der Waals surface area contributed by atoms with Gasteiger partial charge in [-0.1, -0.05) is 50.6 Å². The number of aryl methyl sites for hydroxylation is 1. The molecule has 1 heterocycles. The SMILES string of the molecule is CCC1C(=O)NC(C(C)C)C(=O)N1Cc1cccc(C)c1. The Hall–Kier alpha value is -1.84. The molecule has 1 fully saturated rings. The van der Waals surface area contributed by atoms with E-state index in [0.29, 0.717) is 13.0 Å². The highest BCUT2D eigenvalue weighted by atomic mass is 16.2. The van der Waals surface area contributed by atoms with Gasteiger partial charge < -0.3 is 10.2 Å². The van der Waals surface area contributed by atoms with Gasteiger partial charge in [0, 0.05) is 6.54 Å². The number of amides is 2. The van der Waals surface area contributed by atoms with Crippen molar-refractivity contribution in [3.8, 4) is 0 Å². The van der Waals surface area contributed by atoms with E-state index in [0.717, 1.165) is 11.1 Å². The van der Waals surface area contributed by atoms with E-state index in [9.17, 15) is 9.59 Å². The molecular weight excluding hydrogens is 264 g/mol. The van der Waals surface area contributed by atoms with Crippen LogP contribution in [0.15, 0.2) is 24.3 Å². The van der Waals surface area contributed by atoms with Gasteiger partial charge in [-0.25, -0.2) is 0 Å². The molecule has 0 saturated carbocycles. The number of nitrogens with one attached hydrogen (secondary N) is 1. The zero-order valence-electron chi connectivity index (χ0n) is 13.2. The third-order valence-electron chi connectivity index (χ3n) is 4.01. The number of piperazine rings is 1. The van der Waals surface area contributed by atoms with E-state index in [4.69, 9.17) is 0 Å². The first-order valence-electron chi connectivity index (χ1n) is 7.60. The fourth-order valence-electron chi connectivity index (χ4n) is 2.84. The van der Waals surface area contributed by atoms with Crippen molar-refractivity contribution >= 4 is 11.8 Å². The van der Waals surface area contributed by atoms with Gasteiger partial charge in [0.2, 0.25) is 11.8 Å². The fourth-order valence-corrected chi connectivity index (χ4v) is 2.84. The van der Waals surface area contributed by atoms with Gasteiger partial charge in [0.25, 0.3) is 0 Å². The van der Waals surface area contributed by atoms with E-state index in [1.807, 2.05) is 45.9 Å². The number of carbonyl (C=O) groups excluding carboxylic acids is 2. The highest BCUT2D eigenvalue weighted by Crippen LogP contribution is 2.20. The Labute approximate surface area is 126 Å². The molecule has 21 heavy (non-hydrogen) atoms. The second-order valence-corrected chi connectivity index (χ2v) is 6.11. The van der Waals surface area contributed by atoms with Crippen LogP contribution in [0.4, 0.5) is 0 Å². The molecule has 2 rings (SSSR count). The highest BCUT2D eigenvalue weighted by Gasteiger charge is 2.40. The summed E-state index contributed by atoms with van der Waals surface area (Å²) in [5.74, 6) is 0.0840. The molecule has 1 saturated heterocycles. The van der Waals surface area contributed by atoms with Crippen molar-refractivity contribution in [2.24, 2.45) is 5.92 Å². The van der Waals surface area contributed by atoms with E-state index < -0.39 is 6.04 Å². The summed E-state index contributed by atoms with van der Waals surface area (Å²) in [5, 5.41) is 2.86. The second kappa shape index (κ2) is 6.29. The number of nitrogens with zero attached hydrogens (tertiary/aromatic N) is 1. The fraction of sp³-hybridized carbons (Fsp3) is 0.529. The Morgan fingerprint density at radius 2 is 2.00 bits per heavy atom. The van der Waals surface area contributed by atoms with Crippen LogP contribution in [0.3, 0.4) is 0 Å². The summed E-state index contributed by atoms with van der Waals surface area (Å²) in [5.41, 5.74) is 2.23. The Morgan fingerprint density at radius 3 is 2.57 bits per heavy atom. The minimum atomic E-state index is -0.412. The van der Waals surface area contributed by atoms with Crippen LogP contribution < -0.4 is 5.32 Å². The van der Waals surface area contributed by atoms with Crippen LogP contribution in [0, 0.1) is 12.8 Å². The smallest absolute Gasteiger partial charge is 0.246 e. The largest absolute Gasteiger partial charge is 0.342 e. The molecule has 2 atom stereocenters. The predicted molar refractivity (Wildman–Crippen MR) is 82.6 cm³/mol. The number of hydrogen-bond donors (Lipinski definition) is 1. The first-order valence-corrected chi connectivity index (χ1v) is 7.60. The zero-order valence-corrected chi connectivity index (χ0v) is 13.2. The summed E-state index contributed by atoms with van der Waals surface area (Å²) in [6.45, 7) is 8.38. The number of carbonyl (C=O) groups is 2. The highest BCUT2D eigenvalue weighted by molar-refractivity contribution is 5.97. The van der Waals surface area contributed by atoms with Crippen molar-refractivity contribution in [1.29, 1.82) is 0 Å². The van der Waals surface area contributed by atoms with Gasteiger partial charge in [-0.05, 0) is 24.8 Å². The molecule has 4 nitrogen and oxygen atoms in total. The van der Waals surface area contributed by atoms with Crippen LogP contribution in [-0.4, -0.2) is 28.8 Å². The Balaban J connectivity index is 2.27. The summed E-state index contributed by atoms with van der Waals surface area (Å²) in [6, 6.07) is 7.31. The minimum Gasteiger partial charge on any atom is -0.342 e. The average molecular weight is 288 g/mol. The van der Waals surface area contributed by atoms with Crippen molar-refractivity contribution < 1.29 is 9.59 Å². The maximum Gasteiger partial charge on any atom is 0.246 e. The van der Waals surface area contributed by atoms with Crippen LogP contribution in [0.5, 0.6) is 0 Å². The molecule has 4 heteroatoms. The van der Waals surface area contributed by atoms with Crippen molar-refractivity contribution in [3.63, 3.8) is 0 Å². The van der Waals surface area contributed by atoms with E-state index in [1.54, 1.807) is 4.90 Å². The minimum absolute atomic E-state index is 0.0259. The number of hydrogen-bond acceptors (Lipinski definition) is 2. The third-order valence-corrected chi connectivity index (χ3v) is 4.01. The molecule has 1 aliphatic rings. The van der Waals surface area contributed by atoms with Gasteiger partial charge in [-0.3, -0.25) is 9.59 Å². The summed E-state index contributed by atoms with van der Waals surface area (Å²) < 4.78 is 0. The second-order valence-electron chi connectivity index (χ2n) is 6.11. The van der Waals surface area contributed by atoms with Gasteiger partial charge >= 0.3 is 0 Å². The molecule has 2 unspecified atom stereocenters. The lowest BCUT2D eigenvalue weighted by molar-refractivity contribution is -0.151. The Kier molecular flexibility index (Phi) is 4.66. The first-order chi connectivity index (χ1) is 9.93. The Morgan fingerprint density at radius 1 is 1.29 bits per heavy atom. The molecule has 0 bridgehead atoms. The standard InChI is InChI=1S/C17H24N2O2/c1-5-14-16(20)18-15(11(2)3)17(21)19(14)10-13-8-6-7-12(4)9-13/h6-9,11,14-15H,5,10H2,1-4H3,(H,18,20). The summed E-state index contributed by atoms with van der Waals surface area (Å²) in [7, 11) is 0. The molecule has 1 aliphatic heterocycles. The third kappa shape index (κ3) is 3.26. The van der Waals surface area contributed by atoms with E-state index >= 15 is 0 Å². The maximum absolute atomic E-state index is 12.7. The Bertz CT molecular complexity index is 539. The van der Waals surface area contributed by atoms with Crippen LogP contribution in [0.1, 0.15) is 38.3 Å². The molecule has 1 aromatic carbocycles. The van der Waals surface area contributed by atoms with Crippen molar-refractivity contribution in [2.45, 2.75) is 52.7 Å². The van der Waals surface area contributed by atoms with Crippen molar-refractivity contribution in [3.05, 3.63) is 35.4 Å². The van der Waals surface area contributed by atoms with Gasteiger partial charge in [0.1, 0.15) is 12.1 Å². The maximum atomic E-state index is 12.7. The normalized spacial score (nSPS) is 22.6. The van der Waals surface area contributed by atoms with E-state index in [-0.39, 0.29) is 23.8 Å². The molecule has 0 spiro atoms. The van der Waals surface area contributed by atoms with Gasteiger partial charge in [-0.15, -0.1) is 0 Å². The molecule has 0 radical (unpaired) electrons. The molecule has 0 aliphatic carbocycles. The van der Waals surface area contributed by atoms with Gasteiger partial charge in [-0.2, -0.15) is 0 Å². The van der Waals surface area contributed by atoms with Crippen molar-refractivity contribution in [2.75, 3.05) is 0 Å². The molecular formula is C17H24N2O2. The van der Waals surface area contributed by atoms with E-state index in [2.05, 4.69) is 11.4 Å². The molecule has 1 aromatic rings. The monoisotopic (exact) mass is 288 g/mol. The van der Waals surface area contributed by atoms with E-state index in [1.165, 1.54) is 0 Å². The summed E-state index contributed by atoms with van der Waals surface area (Å²) in [6.07, 6.45) is 0.633. The van der Waals surface area contributed by atoms with Crippen LogP contribution in [-0.2, 0) is 16.1 Å². The van der Waals surface area contributed by atoms with Crippen LogP contribution in [0.25, 0.3) is 0 Å². The molecule has 2 amide bonds. The topological polar surface area (TPSA) is 49.4 Å². The summed E-state index contributed by atoms with van der Waals surface area (Å²) in [4.78, 5) is 26.7. The van der Waals surface area contributed by atoms with Gasteiger partial charge in [0.15, 0.2) is 0 Å². The average Bonchev–Trinajstić information content (AvgIpc) is 2.42. The lowest BCUT2D eigenvalue weighted by Gasteiger charge is -2.40. The quantitative estimate of drug-likeness (QED) is 0.924. The molecule has 0 aromatic heterocycles. The molecule has 114 valence electrons. The first kappa shape index (κ1) is 15.5. The van der Waals surface area contributed by atoms with Gasteiger partial charge in [0.05, 0.1) is 0 Å². The van der Waals surface area contributed by atoms with Crippen LogP contribution in [0.2, 0.25) is 0 Å². The van der Waals surface area contributed by atoms with Crippen molar-refractivity contribution in [1.82, 2.24) is 10.2 Å². The molecule has 1 N–H and O–H groups in total. The summed E-state index contributed by atoms with van der Waals surface area (Å²) >= 11 is 0. The zero-order chi connectivity index (χ0) is 15.6. The lowest BCUT2D eigenvalue weighted by Crippen LogP contribution is -2.64. The lowest BCUT2D eigenvalue weighted by atomic mass is 9.96.